The van der Waals surface area contributed by atoms with Crippen molar-refractivity contribution in [1.82, 2.24) is 14.8 Å². The molecule has 1 aromatic carbocycles. The van der Waals surface area contributed by atoms with Gasteiger partial charge >= 0.3 is 0 Å². The molecular formula is C15H21N3O3S. The Morgan fingerprint density at radius 1 is 1.18 bits per heavy atom. The van der Waals surface area contributed by atoms with Crippen molar-refractivity contribution in [2.24, 2.45) is 0 Å². The molecule has 0 fully saturated rings. The van der Waals surface area contributed by atoms with Gasteiger partial charge in [-0.05, 0) is 37.5 Å². The Hall–Kier alpha value is -1.89. The SMILES string of the molecule is CCCn1c(C)nnc1S(=O)(=O)CCc1ccc(OC)cc1. The van der Waals surface area contributed by atoms with Gasteiger partial charge in [-0.3, -0.25) is 0 Å². The summed E-state index contributed by atoms with van der Waals surface area (Å²) in [6, 6.07) is 7.39. The molecule has 2 aromatic rings. The zero-order valence-corrected chi connectivity index (χ0v) is 13.9. The maximum atomic E-state index is 12.5. The highest BCUT2D eigenvalue weighted by atomic mass is 32.2. The van der Waals surface area contributed by atoms with E-state index < -0.39 is 9.84 Å². The van der Waals surface area contributed by atoms with E-state index in [1.165, 1.54) is 0 Å². The van der Waals surface area contributed by atoms with Crippen LogP contribution in [-0.2, 0) is 22.8 Å². The molecule has 6 nitrogen and oxygen atoms in total. The predicted octanol–water partition coefficient (Wildman–Crippen LogP) is 2.02. The van der Waals surface area contributed by atoms with Gasteiger partial charge in [0.25, 0.3) is 0 Å². The molecule has 0 unspecified atom stereocenters. The van der Waals surface area contributed by atoms with E-state index >= 15 is 0 Å². The van der Waals surface area contributed by atoms with Crippen LogP contribution in [0.2, 0.25) is 0 Å². The van der Waals surface area contributed by atoms with Crippen LogP contribution >= 0.6 is 0 Å². The molecule has 0 aliphatic carbocycles. The summed E-state index contributed by atoms with van der Waals surface area (Å²) in [4.78, 5) is 0. The van der Waals surface area contributed by atoms with Gasteiger partial charge in [-0.1, -0.05) is 19.1 Å². The van der Waals surface area contributed by atoms with E-state index in [9.17, 15) is 8.42 Å². The van der Waals surface area contributed by atoms with Gasteiger partial charge in [0, 0.05) is 6.54 Å². The van der Waals surface area contributed by atoms with E-state index in [0.717, 1.165) is 17.7 Å². The molecule has 0 aliphatic rings. The Morgan fingerprint density at radius 3 is 2.45 bits per heavy atom. The van der Waals surface area contributed by atoms with E-state index in [1.807, 2.05) is 31.2 Å². The smallest absolute Gasteiger partial charge is 0.249 e. The van der Waals surface area contributed by atoms with Crippen molar-refractivity contribution in [3.05, 3.63) is 35.7 Å². The third-order valence-corrected chi connectivity index (χ3v) is 5.05. The maximum absolute atomic E-state index is 12.5. The highest BCUT2D eigenvalue weighted by Crippen LogP contribution is 2.15. The summed E-state index contributed by atoms with van der Waals surface area (Å²) >= 11 is 0. The molecular weight excluding hydrogens is 302 g/mol. The quantitative estimate of drug-likeness (QED) is 0.779. The van der Waals surface area contributed by atoms with Gasteiger partial charge in [-0.25, -0.2) is 8.42 Å². The van der Waals surface area contributed by atoms with Crippen molar-refractivity contribution < 1.29 is 13.2 Å². The molecule has 0 bridgehead atoms. The number of nitrogens with zero attached hydrogens (tertiary/aromatic N) is 3. The second kappa shape index (κ2) is 6.91. The van der Waals surface area contributed by atoms with Crippen LogP contribution in [-0.4, -0.2) is 36.0 Å². The van der Waals surface area contributed by atoms with E-state index in [4.69, 9.17) is 4.74 Å². The molecule has 0 amide bonds. The van der Waals surface area contributed by atoms with Crippen molar-refractivity contribution in [2.75, 3.05) is 12.9 Å². The summed E-state index contributed by atoms with van der Waals surface area (Å²) in [6.07, 6.45) is 1.27. The lowest BCUT2D eigenvalue weighted by Gasteiger charge is -2.08. The van der Waals surface area contributed by atoms with Crippen LogP contribution in [0.25, 0.3) is 0 Å². The standard InChI is InChI=1S/C15H21N3O3S/c1-4-10-18-12(2)16-17-15(18)22(19,20)11-9-13-5-7-14(21-3)8-6-13/h5-8H,4,9-11H2,1-3H3. The Kier molecular flexibility index (Phi) is 5.18. The van der Waals surface area contributed by atoms with Gasteiger partial charge < -0.3 is 9.30 Å². The normalized spacial score (nSPS) is 11.6. The maximum Gasteiger partial charge on any atom is 0.249 e. The Balaban J connectivity index is 2.13. The molecule has 120 valence electrons. The molecule has 22 heavy (non-hydrogen) atoms. The molecule has 0 aliphatic heterocycles. The number of benzene rings is 1. The Bertz CT molecular complexity index is 721. The average Bonchev–Trinajstić information content (AvgIpc) is 2.88. The Morgan fingerprint density at radius 2 is 1.86 bits per heavy atom. The van der Waals surface area contributed by atoms with Crippen molar-refractivity contribution in [3.63, 3.8) is 0 Å². The van der Waals surface area contributed by atoms with Gasteiger partial charge in [-0.2, -0.15) is 0 Å². The number of rotatable bonds is 7. The molecule has 2 rings (SSSR count). The van der Waals surface area contributed by atoms with Crippen LogP contribution in [0, 0.1) is 6.92 Å². The van der Waals surface area contributed by atoms with Gasteiger partial charge in [0.2, 0.25) is 15.0 Å². The van der Waals surface area contributed by atoms with Gasteiger partial charge in [0.1, 0.15) is 11.6 Å². The fourth-order valence-electron chi connectivity index (χ4n) is 2.21. The van der Waals surface area contributed by atoms with Crippen molar-refractivity contribution in [2.45, 2.75) is 38.4 Å². The van der Waals surface area contributed by atoms with Gasteiger partial charge in [-0.15, -0.1) is 10.2 Å². The van der Waals surface area contributed by atoms with Gasteiger partial charge in [0.05, 0.1) is 12.9 Å². The van der Waals surface area contributed by atoms with Crippen LogP contribution in [0.1, 0.15) is 24.7 Å². The fourth-order valence-corrected chi connectivity index (χ4v) is 3.62. The number of sulfone groups is 1. The summed E-state index contributed by atoms with van der Waals surface area (Å²) in [5, 5.41) is 7.82. The van der Waals surface area contributed by atoms with E-state index in [2.05, 4.69) is 10.2 Å². The van der Waals surface area contributed by atoms with Crippen molar-refractivity contribution in [1.29, 1.82) is 0 Å². The third kappa shape index (κ3) is 3.65. The average molecular weight is 323 g/mol. The van der Waals surface area contributed by atoms with Crippen LogP contribution in [0.5, 0.6) is 5.75 Å². The minimum absolute atomic E-state index is 0.0151. The van der Waals surface area contributed by atoms with Crippen molar-refractivity contribution >= 4 is 9.84 Å². The van der Waals surface area contributed by atoms with E-state index in [1.54, 1.807) is 18.6 Å². The first kappa shape index (κ1) is 16.5. The monoisotopic (exact) mass is 323 g/mol. The minimum atomic E-state index is -3.45. The van der Waals surface area contributed by atoms with Crippen LogP contribution in [0.15, 0.2) is 29.4 Å². The topological polar surface area (TPSA) is 74.1 Å². The molecule has 7 heteroatoms. The van der Waals surface area contributed by atoms with Crippen LogP contribution in [0.4, 0.5) is 0 Å². The summed E-state index contributed by atoms with van der Waals surface area (Å²) in [7, 11) is -1.85. The highest BCUT2D eigenvalue weighted by Gasteiger charge is 2.23. The molecule has 0 saturated carbocycles. The molecule has 1 aromatic heterocycles. The molecule has 0 N–H and O–H groups in total. The number of methoxy groups -OCH3 is 1. The number of aryl methyl sites for hydroxylation is 2. The number of aromatic nitrogens is 3. The largest absolute Gasteiger partial charge is 0.497 e. The molecule has 0 spiro atoms. The lowest BCUT2D eigenvalue weighted by atomic mass is 10.2. The van der Waals surface area contributed by atoms with Gasteiger partial charge in [0.15, 0.2) is 0 Å². The predicted molar refractivity (Wildman–Crippen MR) is 83.8 cm³/mol. The van der Waals surface area contributed by atoms with Crippen molar-refractivity contribution in [3.8, 4) is 5.75 Å². The molecule has 0 radical (unpaired) electrons. The first-order chi connectivity index (χ1) is 10.5. The first-order valence-corrected chi connectivity index (χ1v) is 8.88. The van der Waals surface area contributed by atoms with Crippen LogP contribution < -0.4 is 4.74 Å². The number of hydrogen-bond acceptors (Lipinski definition) is 5. The minimum Gasteiger partial charge on any atom is -0.497 e. The summed E-state index contributed by atoms with van der Waals surface area (Å²) in [5.41, 5.74) is 0.947. The lowest BCUT2D eigenvalue weighted by molar-refractivity contribution is 0.414. The number of hydrogen-bond donors (Lipinski definition) is 0. The second-order valence-electron chi connectivity index (χ2n) is 5.10. The lowest BCUT2D eigenvalue weighted by Crippen LogP contribution is -2.16. The summed E-state index contributed by atoms with van der Waals surface area (Å²) < 4.78 is 31.7. The van der Waals surface area contributed by atoms with Crippen LogP contribution in [0.3, 0.4) is 0 Å². The summed E-state index contributed by atoms with van der Waals surface area (Å²) in [5.74, 6) is 1.40. The zero-order chi connectivity index (χ0) is 16.2. The zero-order valence-electron chi connectivity index (χ0n) is 13.1. The van der Waals surface area contributed by atoms with E-state index in [-0.39, 0.29) is 10.9 Å². The molecule has 1 heterocycles. The fraction of sp³-hybridized carbons (Fsp3) is 0.467. The van der Waals surface area contributed by atoms with E-state index in [0.29, 0.717) is 18.8 Å². The first-order valence-electron chi connectivity index (χ1n) is 7.23. The highest BCUT2D eigenvalue weighted by molar-refractivity contribution is 7.91. The third-order valence-electron chi connectivity index (χ3n) is 3.45. The number of ether oxygens (including phenoxy) is 1. The second-order valence-corrected chi connectivity index (χ2v) is 7.10. The summed E-state index contributed by atoms with van der Waals surface area (Å²) in [6.45, 7) is 4.37. The Labute approximate surface area is 131 Å². The molecule has 0 saturated heterocycles. The molecule has 0 atom stereocenters.